The first-order valence-electron chi connectivity index (χ1n) is 12.8. The summed E-state index contributed by atoms with van der Waals surface area (Å²) in [5, 5.41) is 25.1. The van der Waals surface area contributed by atoms with Crippen LogP contribution in [-0.2, 0) is 9.59 Å². The summed E-state index contributed by atoms with van der Waals surface area (Å²) in [6, 6.07) is 6.79. The summed E-state index contributed by atoms with van der Waals surface area (Å²) in [7, 11) is 0. The Hall–Kier alpha value is -3.86. The third kappa shape index (κ3) is 8.62. The first kappa shape index (κ1) is 30.4. The van der Waals surface area contributed by atoms with Gasteiger partial charge in [0.25, 0.3) is 5.91 Å². The lowest BCUT2D eigenvalue weighted by atomic mass is 9.90. The zero-order chi connectivity index (χ0) is 28.1. The molecule has 0 bridgehead atoms. The number of carbonyl (C=O) groups excluding carboxylic acids is 3. The van der Waals surface area contributed by atoms with Crippen molar-refractivity contribution in [2.75, 3.05) is 13.3 Å². The number of amides is 3. The quantitative estimate of drug-likeness (QED) is 0.0782. The molecule has 0 saturated heterocycles. The monoisotopic (exact) mass is 531 g/mol. The van der Waals surface area contributed by atoms with Crippen LogP contribution in [0.5, 0.6) is 5.75 Å². The van der Waals surface area contributed by atoms with Crippen molar-refractivity contribution < 1.29 is 38.6 Å². The highest BCUT2D eigenvalue weighted by Gasteiger charge is 2.30. The van der Waals surface area contributed by atoms with E-state index in [9.17, 15) is 29.5 Å². The molecule has 1 aromatic carbocycles. The molecule has 0 spiro atoms. The van der Waals surface area contributed by atoms with Gasteiger partial charge in [0.05, 0.1) is 30.8 Å². The maximum Gasteiger partial charge on any atom is 0.335 e. The Bertz CT molecular complexity index is 1080. The summed E-state index contributed by atoms with van der Waals surface area (Å²) in [4.78, 5) is 48.1. The van der Waals surface area contributed by atoms with Gasteiger partial charge in [-0.1, -0.05) is 40.0 Å². The molecular weight excluding hydrogens is 494 g/mol. The average Bonchev–Trinajstić information content (AvgIpc) is 3.41. The molecule has 1 heterocycles. The van der Waals surface area contributed by atoms with Crippen molar-refractivity contribution in [2.24, 2.45) is 5.92 Å². The van der Waals surface area contributed by atoms with Gasteiger partial charge >= 0.3 is 5.97 Å². The fraction of sp³-hybridized carbons (Fsp3) is 0.481. The minimum atomic E-state index is -1.12. The summed E-state index contributed by atoms with van der Waals surface area (Å²) >= 11 is 0. The highest BCUT2D eigenvalue weighted by molar-refractivity contribution is 5.93. The molecular formula is C27H37N3O8. The number of aromatic carboxylic acids is 1. The topological polar surface area (TPSA) is 158 Å². The Morgan fingerprint density at radius 1 is 1.08 bits per heavy atom. The number of carbonyl (C=O) groups is 4. The van der Waals surface area contributed by atoms with Gasteiger partial charge in [0, 0.05) is 5.56 Å². The Morgan fingerprint density at radius 3 is 2.47 bits per heavy atom. The van der Waals surface area contributed by atoms with Crippen molar-refractivity contribution >= 4 is 24.2 Å². The van der Waals surface area contributed by atoms with Crippen molar-refractivity contribution in [3.8, 4) is 17.1 Å². The molecule has 0 saturated carbocycles. The third-order valence-corrected chi connectivity index (χ3v) is 6.04. The summed E-state index contributed by atoms with van der Waals surface area (Å²) in [6.45, 7) is 5.98. The van der Waals surface area contributed by atoms with Crippen LogP contribution < -0.4 is 15.4 Å². The second-order valence-corrected chi connectivity index (χ2v) is 8.85. The number of nitrogens with one attached hydrogen (secondary N) is 2. The Labute approximate surface area is 222 Å². The van der Waals surface area contributed by atoms with Crippen LogP contribution in [0, 0.1) is 5.92 Å². The summed E-state index contributed by atoms with van der Waals surface area (Å²) in [6.07, 6.45) is 4.53. The number of hydrogen-bond donors (Lipinski definition) is 4. The van der Waals surface area contributed by atoms with Crippen molar-refractivity contribution in [3.63, 3.8) is 0 Å². The van der Waals surface area contributed by atoms with E-state index in [1.807, 2.05) is 13.8 Å². The van der Waals surface area contributed by atoms with E-state index in [1.165, 1.54) is 18.2 Å². The number of benzene rings is 1. The number of hydroxylamine groups is 2. The second-order valence-electron chi connectivity index (χ2n) is 8.85. The zero-order valence-corrected chi connectivity index (χ0v) is 22.1. The molecule has 1 aromatic heterocycles. The normalized spacial score (nSPS) is 12.3. The minimum absolute atomic E-state index is 0.0219. The zero-order valence-electron chi connectivity index (χ0n) is 22.1. The highest BCUT2D eigenvalue weighted by Crippen LogP contribution is 2.28. The summed E-state index contributed by atoms with van der Waals surface area (Å²) < 4.78 is 11.2. The van der Waals surface area contributed by atoms with E-state index in [-0.39, 0.29) is 36.1 Å². The Morgan fingerprint density at radius 2 is 1.84 bits per heavy atom. The van der Waals surface area contributed by atoms with Crippen molar-refractivity contribution in [1.82, 2.24) is 15.7 Å². The Kier molecular flexibility index (Phi) is 12.3. The Balaban J connectivity index is 2.06. The van der Waals surface area contributed by atoms with E-state index < -0.39 is 23.8 Å². The van der Waals surface area contributed by atoms with Crippen LogP contribution >= 0.6 is 0 Å². The van der Waals surface area contributed by atoms with Crippen LogP contribution in [0.4, 0.5) is 0 Å². The lowest BCUT2D eigenvalue weighted by Gasteiger charge is -2.29. The van der Waals surface area contributed by atoms with Crippen molar-refractivity contribution in [2.45, 2.75) is 65.3 Å². The van der Waals surface area contributed by atoms with Gasteiger partial charge in [-0.05, 0) is 49.6 Å². The van der Waals surface area contributed by atoms with Crippen LogP contribution in [0.1, 0.15) is 80.2 Å². The van der Waals surface area contributed by atoms with Crippen LogP contribution in [0.2, 0.25) is 0 Å². The number of hydrogen-bond acceptors (Lipinski definition) is 7. The molecule has 38 heavy (non-hydrogen) atoms. The van der Waals surface area contributed by atoms with Gasteiger partial charge in [0.15, 0.2) is 5.76 Å². The SMILES string of the molecule is CCCCC[C@@H](C(=O)NCNC(=O)c1ccc(-c2cc(OCCC)cc(C(=O)O)c2)o1)[C@@H](CC)N(O)C=O. The molecule has 2 aromatic rings. The standard InChI is InChI=1S/C27H37N3O8/c1-4-7-8-9-21(22(6-3)30(36)17-31)25(32)28-16-29-26(33)24-11-10-23(38-24)18-13-19(27(34)35)15-20(14-18)37-12-5-2/h10-11,13-15,17,21-22,36H,4-9,12,16H2,1-3H3,(H,28,32)(H,29,33)(H,34,35)/t21-,22-/m1/s1. The minimum Gasteiger partial charge on any atom is -0.494 e. The largest absolute Gasteiger partial charge is 0.494 e. The molecule has 0 aliphatic rings. The van der Waals surface area contributed by atoms with E-state index in [0.717, 1.165) is 25.7 Å². The molecule has 0 aliphatic heterocycles. The predicted octanol–water partition coefficient (Wildman–Crippen LogP) is 4.06. The van der Waals surface area contributed by atoms with Gasteiger partial charge in [-0.15, -0.1) is 0 Å². The van der Waals surface area contributed by atoms with Gasteiger partial charge in [-0.3, -0.25) is 19.6 Å². The summed E-state index contributed by atoms with van der Waals surface area (Å²) in [5.74, 6) is -2.11. The lowest BCUT2D eigenvalue weighted by Crippen LogP contribution is -2.47. The molecule has 4 N–H and O–H groups in total. The van der Waals surface area contributed by atoms with Gasteiger partial charge < -0.3 is 24.9 Å². The van der Waals surface area contributed by atoms with E-state index in [2.05, 4.69) is 10.6 Å². The van der Waals surface area contributed by atoms with Crippen LogP contribution in [0.25, 0.3) is 11.3 Å². The van der Waals surface area contributed by atoms with Gasteiger partial charge in [0.1, 0.15) is 11.5 Å². The van der Waals surface area contributed by atoms with Crippen LogP contribution in [0.15, 0.2) is 34.7 Å². The molecule has 11 nitrogen and oxygen atoms in total. The van der Waals surface area contributed by atoms with Crippen LogP contribution in [-0.4, -0.2) is 58.9 Å². The molecule has 0 fully saturated rings. The predicted molar refractivity (Wildman–Crippen MR) is 139 cm³/mol. The first-order valence-corrected chi connectivity index (χ1v) is 12.8. The van der Waals surface area contributed by atoms with Crippen molar-refractivity contribution in [1.29, 1.82) is 0 Å². The molecule has 0 unspecified atom stereocenters. The average molecular weight is 532 g/mol. The molecule has 2 rings (SSSR count). The molecule has 3 amide bonds. The highest BCUT2D eigenvalue weighted by atomic mass is 16.5. The second kappa shape index (κ2) is 15.4. The number of unbranched alkanes of at least 4 members (excludes halogenated alkanes) is 2. The maximum atomic E-state index is 12.9. The molecule has 0 radical (unpaired) electrons. The number of rotatable bonds is 17. The molecule has 11 heteroatoms. The molecule has 208 valence electrons. The number of furan rings is 1. The van der Waals surface area contributed by atoms with E-state index >= 15 is 0 Å². The van der Waals surface area contributed by atoms with Crippen LogP contribution in [0.3, 0.4) is 0 Å². The van der Waals surface area contributed by atoms with Crippen molar-refractivity contribution in [3.05, 3.63) is 41.7 Å². The van der Waals surface area contributed by atoms with Gasteiger partial charge in [0.2, 0.25) is 12.3 Å². The number of ether oxygens (including phenoxy) is 1. The first-order chi connectivity index (χ1) is 18.2. The van der Waals surface area contributed by atoms with E-state index in [4.69, 9.17) is 9.15 Å². The lowest BCUT2D eigenvalue weighted by molar-refractivity contribution is -0.168. The van der Waals surface area contributed by atoms with Gasteiger partial charge in [-0.25, -0.2) is 9.86 Å². The van der Waals surface area contributed by atoms with E-state index in [1.54, 1.807) is 19.1 Å². The molecule has 2 atom stereocenters. The molecule has 0 aliphatic carbocycles. The van der Waals surface area contributed by atoms with E-state index in [0.29, 0.717) is 35.8 Å². The summed E-state index contributed by atoms with van der Waals surface area (Å²) in [5.41, 5.74) is 0.459. The fourth-order valence-corrected chi connectivity index (χ4v) is 4.06. The smallest absolute Gasteiger partial charge is 0.335 e. The maximum absolute atomic E-state index is 12.9. The third-order valence-electron chi connectivity index (χ3n) is 6.04. The number of carboxylic acids is 1. The number of nitrogens with zero attached hydrogens (tertiary/aromatic N) is 1. The fourth-order valence-electron chi connectivity index (χ4n) is 4.06. The number of carboxylic acid groups (broad SMARTS) is 1. The van der Waals surface area contributed by atoms with Gasteiger partial charge in [-0.2, -0.15) is 0 Å².